The molecule has 2 aromatic carbocycles. The van der Waals surface area contributed by atoms with E-state index in [-0.39, 0.29) is 11.2 Å². The number of nitrogens with zero attached hydrogens (tertiary/aromatic N) is 2. The lowest BCUT2D eigenvalue weighted by atomic mass is 10.1. The molecule has 0 aliphatic heterocycles. The molecule has 0 N–H and O–H groups in total. The Labute approximate surface area is 128 Å². The minimum absolute atomic E-state index is 0.264. The molecule has 0 bridgehead atoms. The van der Waals surface area contributed by atoms with Gasteiger partial charge in [0, 0.05) is 0 Å². The number of benzene rings is 2. The Kier molecular flexibility index (Phi) is 3.46. The first kappa shape index (κ1) is 14.1. The van der Waals surface area contributed by atoms with Gasteiger partial charge in [0.1, 0.15) is 11.6 Å². The molecule has 1 unspecified atom stereocenters. The molecular weight excluding hydrogens is 287 g/mol. The van der Waals surface area contributed by atoms with Gasteiger partial charge >= 0.3 is 0 Å². The molecule has 0 saturated carbocycles. The second-order valence-corrected chi connectivity index (χ2v) is 6.00. The van der Waals surface area contributed by atoms with Gasteiger partial charge < -0.3 is 0 Å². The van der Waals surface area contributed by atoms with Gasteiger partial charge in [0.25, 0.3) is 0 Å². The zero-order valence-corrected chi connectivity index (χ0v) is 12.9. The zero-order chi connectivity index (χ0) is 15.1. The molecule has 0 saturated heterocycles. The van der Waals surface area contributed by atoms with Crippen molar-refractivity contribution < 1.29 is 4.39 Å². The van der Waals surface area contributed by atoms with E-state index < -0.39 is 0 Å². The normalized spacial score (nSPS) is 12.8. The largest absolute Gasteiger partial charge is 0.295 e. The maximum atomic E-state index is 13.7. The summed E-state index contributed by atoms with van der Waals surface area (Å²) in [4.78, 5) is 4.63. The predicted octanol–water partition coefficient (Wildman–Crippen LogP) is 5.08. The van der Waals surface area contributed by atoms with E-state index in [0.29, 0.717) is 0 Å². The highest BCUT2D eigenvalue weighted by Gasteiger charge is 2.18. The minimum Gasteiger partial charge on any atom is -0.295 e. The van der Waals surface area contributed by atoms with Crippen LogP contribution in [0.3, 0.4) is 0 Å². The summed E-state index contributed by atoms with van der Waals surface area (Å²) in [6.07, 6.45) is 0. The third-order valence-corrected chi connectivity index (χ3v) is 3.80. The van der Waals surface area contributed by atoms with Crippen molar-refractivity contribution in [2.24, 2.45) is 0 Å². The Balaban J connectivity index is 2.39. The number of aryl methyl sites for hydroxylation is 2. The maximum absolute atomic E-state index is 13.7. The topological polar surface area (TPSA) is 17.8 Å². The number of halogens is 2. The molecule has 1 heterocycles. The first-order valence-electron chi connectivity index (χ1n) is 6.87. The summed E-state index contributed by atoms with van der Waals surface area (Å²) >= 11 is 6.28. The van der Waals surface area contributed by atoms with Crippen molar-refractivity contribution in [1.29, 1.82) is 0 Å². The summed E-state index contributed by atoms with van der Waals surface area (Å²) in [5, 5.41) is -0.264. The third-order valence-electron chi connectivity index (χ3n) is 3.60. The molecule has 1 aromatic heterocycles. The highest BCUT2D eigenvalue weighted by Crippen LogP contribution is 2.30. The highest BCUT2D eigenvalue weighted by atomic mass is 35.5. The van der Waals surface area contributed by atoms with Gasteiger partial charge in [-0.05, 0) is 56.2 Å². The van der Waals surface area contributed by atoms with Gasteiger partial charge in [-0.25, -0.2) is 9.37 Å². The van der Waals surface area contributed by atoms with Crippen LogP contribution in [0.2, 0.25) is 0 Å². The molecule has 4 heteroatoms. The van der Waals surface area contributed by atoms with E-state index in [0.717, 1.165) is 33.7 Å². The summed E-state index contributed by atoms with van der Waals surface area (Å²) in [7, 11) is 0. The van der Waals surface area contributed by atoms with Gasteiger partial charge in [0.05, 0.1) is 22.1 Å². The summed E-state index contributed by atoms with van der Waals surface area (Å²) in [6, 6.07) is 10.8. The SMILES string of the molecule is Cc1ccc2c(c1)nc(C(C)Cl)n2-c1cc(F)ccc1C. The Morgan fingerprint density at radius 3 is 2.62 bits per heavy atom. The number of fused-ring (bicyclic) bond motifs is 1. The van der Waals surface area contributed by atoms with E-state index in [4.69, 9.17) is 11.6 Å². The Bertz CT molecular complexity index is 821. The molecule has 21 heavy (non-hydrogen) atoms. The fourth-order valence-electron chi connectivity index (χ4n) is 2.55. The van der Waals surface area contributed by atoms with E-state index in [9.17, 15) is 4.39 Å². The number of alkyl halides is 1. The van der Waals surface area contributed by atoms with Crippen LogP contribution in [-0.2, 0) is 0 Å². The average Bonchev–Trinajstić information content (AvgIpc) is 2.80. The average molecular weight is 303 g/mol. The number of hydrogen-bond donors (Lipinski definition) is 0. The van der Waals surface area contributed by atoms with Crippen molar-refractivity contribution in [3.05, 3.63) is 59.2 Å². The molecule has 3 rings (SSSR count). The number of aromatic nitrogens is 2. The molecule has 0 spiro atoms. The first-order chi connectivity index (χ1) is 9.97. The first-order valence-corrected chi connectivity index (χ1v) is 7.30. The van der Waals surface area contributed by atoms with Crippen molar-refractivity contribution in [2.75, 3.05) is 0 Å². The molecule has 0 aliphatic rings. The molecular formula is C17H16ClFN2. The Hall–Kier alpha value is -1.87. The summed E-state index contributed by atoms with van der Waals surface area (Å²) in [6.45, 7) is 5.86. The van der Waals surface area contributed by atoms with Crippen LogP contribution in [0, 0.1) is 19.7 Å². The van der Waals surface area contributed by atoms with Gasteiger partial charge in [0.2, 0.25) is 0 Å². The van der Waals surface area contributed by atoms with Crippen LogP contribution in [-0.4, -0.2) is 9.55 Å². The minimum atomic E-state index is -0.266. The Morgan fingerprint density at radius 1 is 1.14 bits per heavy atom. The predicted molar refractivity (Wildman–Crippen MR) is 84.8 cm³/mol. The van der Waals surface area contributed by atoms with Crippen molar-refractivity contribution >= 4 is 22.6 Å². The van der Waals surface area contributed by atoms with Crippen LogP contribution in [0.4, 0.5) is 4.39 Å². The smallest absolute Gasteiger partial charge is 0.132 e. The lowest BCUT2D eigenvalue weighted by Crippen LogP contribution is -2.04. The van der Waals surface area contributed by atoms with Gasteiger partial charge in [-0.3, -0.25) is 4.57 Å². The molecule has 108 valence electrons. The van der Waals surface area contributed by atoms with Crippen molar-refractivity contribution in [1.82, 2.24) is 9.55 Å². The van der Waals surface area contributed by atoms with Crippen LogP contribution in [0.15, 0.2) is 36.4 Å². The molecule has 3 aromatic rings. The fourth-order valence-corrected chi connectivity index (χ4v) is 2.70. The monoisotopic (exact) mass is 302 g/mol. The lowest BCUT2D eigenvalue weighted by molar-refractivity contribution is 0.625. The van der Waals surface area contributed by atoms with Gasteiger partial charge in [0.15, 0.2) is 0 Å². The molecule has 0 radical (unpaired) electrons. The maximum Gasteiger partial charge on any atom is 0.132 e. The molecule has 2 nitrogen and oxygen atoms in total. The zero-order valence-electron chi connectivity index (χ0n) is 12.2. The molecule has 0 amide bonds. The van der Waals surface area contributed by atoms with Gasteiger partial charge in [-0.15, -0.1) is 11.6 Å². The van der Waals surface area contributed by atoms with E-state index >= 15 is 0 Å². The van der Waals surface area contributed by atoms with E-state index in [1.54, 1.807) is 6.07 Å². The van der Waals surface area contributed by atoms with Crippen LogP contribution >= 0.6 is 11.6 Å². The number of imidazole rings is 1. The number of rotatable bonds is 2. The van der Waals surface area contributed by atoms with E-state index in [1.807, 2.05) is 43.5 Å². The van der Waals surface area contributed by atoms with E-state index in [2.05, 4.69) is 4.98 Å². The highest BCUT2D eigenvalue weighted by molar-refractivity contribution is 6.20. The standard InChI is InChI=1S/C17H16ClFN2/c1-10-4-7-15-14(8-10)20-17(12(3)18)21(15)16-9-13(19)6-5-11(16)2/h4-9,12H,1-3H3. The summed E-state index contributed by atoms with van der Waals surface area (Å²) in [5.74, 6) is 0.462. The van der Waals surface area contributed by atoms with Crippen molar-refractivity contribution in [3.8, 4) is 5.69 Å². The fraction of sp³-hybridized carbons (Fsp3) is 0.235. The second-order valence-electron chi connectivity index (χ2n) is 5.34. The van der Waals surface area contributed by atoms with Crippen LogP contribution in [0.25, 0.3) is 16.7 Å². The van der Waals surface area contributed by atoms with Crippen molar-refractivity contribution in [3.63, 3.8) is 0 Å². The Morgan fingerprint density at radius 2 is 1.90 bits per heavy atom. The van der Waals surface area contributed by atoms with Gasteiger partial charge in [-0.1, -0.05) is 12.1 Å². The molecule has 1 atom stereocenters. The quantitative estimate of drug-likeness (QED) is 0.604. The van der Waals surface area contributed by atoms with E-state index in [1.165, 1.54) is 12.1 Å². The van der Waals surface area contributed by atoms with Gasteiger partial charge in [-0.2, -0.15) is 0 Å². The van der Waals surface area contributed by atoms with Crippen LogP contribution < -0.4 is 0 Å². The second kappa shape index (κ2) is 5.15. The summed E-state index contributed by atoms with van der Waals surface area (Å²) < 4.78 is 15.6. The molecule has 0 fully saturated rings. The molecule has 0 aliphatic carbocycles. The summed E-state index contributed by atoms with van der Waals surface area (Å²) in [5.41, 5.74) is 4.72. The van der Waals surface area contributed by atoms with Crippen LogP contribution in [0.1, 0.15) is 29.3 Å². The van der Waals surface area contributed by atoms with Crippen molar-refractivity contribution in [2.45, 2.75) is 26.1 Å². The lowest BCUT2D eigenvalue weighted by Gasteiger charge is -2.13. The third kappa shape index (κ3) is 2.42. The van der Waals surface area contributed by atoms with Crippen LogP contribution in [0.5, 0.6) is 0 Å². The number of hydrogen-bond acceptors (Lipinski definition) is 1.